The minimum absolute atomic E-state index is 0.191. The van der Waals surface area contributed by atoms with Crippen LogP contribution in [0.4, 0.5) is 0 Å². The molecular formula is C10H8Cl2O3. The van der Waals surface area contributed by atoms with Gasteiger partial charge in [0.2, 0.25) is 0 Å². The number of ether oxygens (including phenoxy) is 1. The van der Waals surface area contributed by atoms with Crippen LogP contribution in [0.3, 0.4) is 0 Å². The molecule has 3 nitrogen and oxygen atoms in total. The molecule has 0 aliphatic rings. The third-order valence-corrected chi connectivity index (χ3v) is 2.50. The summed E-state index contributed by atoms with van der Waals surface area (Å²) in [6.07, 6.45) is 0.928. The first-order chi connectivity index (χ1) is 7.06. The highest BCUT2D eigenvalue weighted by molar-refractivity contribution is 6.43. The number of halogens is 2. The van der Waals surface area contributed by atoms with Gasteiger partial charge in [0, 0.05) is 5.56 Å². The number of methoxy groups -OCH3 is 1. The van der Waals surface area contributed by atoms with Crippen molar-refractivity contribution in [3.05, 3.63) is 39.9 Å². The number of aliphatic hydroxyl groups is 1. The van der Waals surface area contributed by atoms with Crippen LogP contribution in [0.1, 0.15) is 5.56 Å². The molecule has 0 saturated carbocycles. The van der Waals surface area contributed by atoms with Crippen molar-refractivity contribution in [1.82, 2.24) is 0 Å². The molecule has 0 aliphatic heterocycles. The van der Waals surface area contributed by atoms with Crippen molar-refractivity contribution in [2.75, 3.05) is 7.11 Å². The molecular weight excluding hydrogens is 239 g/mol. The normalized spacial score (nSPS) is 11.3. The van der Waals surface area contributed by atoms with Crippen molar-refractivity contribution in [3.63, 3.8) is 0 Å². The SMILES string of the molecule is COC(=O)/C=C(\O)c1cccc(Cl)c1Cl. The molecule has 15 heavy (non-hydrogen) atoms. The fourth-order valence-electron chi connectivity index (χ4n) is 0.950. The van der Waals surface area contributed by atoms with Crippen molar-refractivity contribution in [3.8, 4) is 0 Å². The van der Waals surface area contributed by atoms with E-state index in [9.17, 15) is 9.90 Å². The zero-order valence-electron chi connectivity index (χ0n) is 7.83. The van der Waals surface area contributed by atoms with Crippen molar-refractivity contribution < 1.29 is 14.6 Å². The van der Waals surface area contributed by atoms with E-state index < -0.39 is 5.97 Å². The predicted octanol–water partition coefficient (Wildman–Crippen LogP) is 3.07. The summed E-state index contributed by atoms with van der Waals surface area (Å²) < 4.78 is 4.36. The lowest BCUT2D eigenvalue weighted by molar-refractivity contribution is -0.134. The van der Waals surface area contributed by atoms with E-state index in [1.807, 2.05) is 0 Å². The Labute approximate surface area is 96.9 Å². The van der Waals surface area contributed by atoms with Crippen molar-refractivity contribution in [2.45, 2.75) is 0 Å². The Morgan fingerprint density at radius 2 is 2.13 bits per heavy atom. The number of rotatable bonds is 2. The summed E-state index contributed by atoms with van der Waals surface area (Å²) in [6.45, 7) is 0. The van der Waals surface area contributed by atoms with E-state index in [0.717, 1.165) is 6.08 Å². The number of hydrogen-bond acceptors (Lipinski definition) is 3. The van der Waals surface area contributed by atoms with Crippen LogP contribution in [-0.2, 0) is 9.53 Å². The zero-order valence-corrected chi connectivity index (χ0v) is 9.34. The van der Waals surface area contributed by atoms with Gasteiger partial charge in [0.15, 0.2) is 0 Å². The largest absolute Gasteiger partial charge is 0.507 e. The predicted molar refractivity (Wildman–Crippen MR) is 59.1 cm³/mol. The van der Waals surface area contributed by atoms with Gasteiger partial charge in [-0.2, -0.15) is 0 Å². The van der Waals surface area contributed by atoms with Gasteiger partial charge in [0.25, 0.3) is 0 Å². The maximum Gasteiger partial charge on any atom is 0.334 e. The third-order valence-electron chi connectivity index (χ3n) is 1.68. The molecule has 0 radical (unpaired) electrons. The molecule has 0 aliphatic carbocycles. The van der Waals surface area contributed by atoms with Gasteiger partial charge in [0.05, 0.1) is 23.2 Å². The molecule has 0 atom stereocenters. The topological polar surface area (TPSA) is 46.5 Å². The summed E-state index contributed by atoms with van der Waals surface area (Å²) in [4.78, 5) is 10.9. The highest BCUT2D eigenvalue weighted by Crippen LogP contribution is 2.29. The lowest BCUT2D eigenvalue weighted by Crippen LogP contribution is -1.97. The average molecular weight is 247 g/mol. The Morgan fingerprint density at radius 1 is 1.47 bits per heavy atom. The highest BCUT2D eigenvalue weighted by Gasteiger charge is 2.09. The molecule has 0 spiro atoms. The minimum Gasteiger partial charge on any atom is -0.507 e. The van der Waals surface area contributed by atoms with Crippen LogP contribution in [0.25, 0.3) is 5.76 Å². The first-order valence-corrected chi connectivity index (χ1v) is 4.75. The molecule has 0 unspecified atom stereocenters. The lowest BCUT2D eigenvalue weighted by atomic mass is 10.2. The van der Waals surface area contributed by atoms with Crippen LogP contribution in [0, 0.1) is 0 Å². The highest BCUT2D eigenvalue weighted by atomic mass is 35.5. The van der Waals surface area contributed by atoms with E-state index in [0.29, 0.717) is 5.02 Å². The summed E-state index contributed by atoms with van der Waals surface area (Å²) in [7, 11) is 1.21. The summed E-state index contributed by atoms with van der Waals surface area (Å²) in [5.41, 5.74) is 0.287. The maximum absolute atomic E-state index is 10.9. The van der Waals surface area contributed by atoms with Crippen LogP contribution in [0.5, 0.6) is 0 Å². The van der Waals surface area contributed by atoms with Crippen molar-refractivity contribution >= 4 is 34.9 Å². The summed E-state index contributed by atoms with van der Waals surface area (Å²) >= 11 is 11.6. The van der Waals surface area contributed by atoms with Gasteiger partial charge < -0.3 is 9.84 Å². The van der Waals surface area contributed by atoms with Crippen LogP contribution < -0.4 is 0 Å². The standard InChI is InChI=1S/C10H8Cl2O3/c1-15-9(14)5-8(13)6-3-2-4-7(11)10(6)12/h2-5,13H,1H3/b8-5-. The monoisotopic (exact) mass is 246 g/mol. The molecule has 0 amide bonds. The quantitative estimate of drug-likeness (QED) is 0.496. The number of aliphatic hydroxyl groups excluding tert-OH is 1. The first-order valence-electron chi connectivity index (χ1n) is 3.99. The third kappa shape index (κ3) is 2.88. The first kappa shape index (κ1) is 11.9. The van der Waals surface area contributed by atoms with E-state index >= 15 is 0 Å². The molecule has 0 heterocycles. The van der Waals surface area contributed by atoms with Crippen LogP contribution >= 0.6 is 23.2 Å². The molecule has 1 N–H and O–H groups in total. The van der Waals surface area contributed by atoms with E-state index in [1.54, 1.807) is 18.2 Å². The van der Waals surface area contributed by atoms with E-state index in [1.165, 1.54) is 7.11 Å². The molecule has 0 aromatic heterocycles. The fourth-order valence-corrected chi connectivity index (χ4v) is 1.35. The Bertz CT molecular complexity index is 413. The van der Waals surface area contributed by atoms with E-state index in [-0.39, 0.29) is 16.3 Å². The Kier molecular flexibility index (Phi) is 4.00. The smallest absolute Gasteiger partial charge is 0.334 e. The second-order valence-electron chi connectivity index (χ2n) is 2.65. The lowest BCUT2D eigenvalue weighted by Gasteiger charge is -2.04. The number of carbonyl (C=O) groups excluding carboxylic acids is 1. The fraction of sp³-hybridized carbons (Fsp3) is 0.100. The van der Waals surface area contributed by atoms with E-state index in [2.05, 4.69) is 4.74 Å². The molecule has 1 aromatic rings. The minimum atomic E-state index is -0.663. The van der Waals surface area contributed by atoms with Gasteiger partial charge in [-0.15, -0.1) is 0 Å². The van der Waals surface area contributed by atoms with Crippen LogP contribution in [0.2, 0.25) is 10.0 Å². The van der Waals surface area contributed by atoms with Crippen molar-refractivity contribution in [2.24, 2.45) is 0 Å². The van der Waals surface area contributed by atoms with Gasteiger partial charge >= 0.3 is 5.97 Å². The van der Waals surface area contributed by atoms with Crippen LogP contribution in [0.15, 0.2) is 24.3 Å². The van der Waals surface area contributed by atoms with Crippen LogP contribution in [-0.4, -0.2) is 18.2 Å². The Morgan fingerprint density at radius 3 is 2.73 bits per heavy atom. The zero-order chi connectivity index (χ0) is 11.4. The molecule has 0 saturated heterocycles. The Balaban J connectivity index is 3.11. The molecule has 5 heteroatoms. The van der Waals surface area contributed by atoms with Gasteiger partial charge in [-0.1, -0.05) is 29.3 Å². The Hall–Kier alpha value is -1.19. The van der Waals surface area contributed by atoms with Gasteiger partial charge in [-0.3, -0.25) is 0 Å². The van der Waals surface area contributed by atoms with Gasteiger partial charge in [-0.25, -0.2) is 4.79 Å². The average Bonchev–Trinajstić information content (AvgIpc) is 2.21. The van der Waals surface area contributed by atoms with Crippen molar-refractivity contribution in [1.29, 1.82) is 0 Å². The molecule has 1 aromatic carbocycles. The molecule has 0 fully saturated rings. The maximum atomic E-state index is 10.9. The number of benzene rings is 1. The summed E-state index contributed by atoms with van der Waals surface area (Å²) in [5.74, 6) is -0.946. The molecule has 1 rings (SSSR count). The summed E-state index contributed by atoms with van der Waals surface area (Å²) in [5, 5.41) is 10.0. The van der Waals surface area contributed by atoms with E-state index in [4.69, 9.17) is 23.2 Å². The summed E-state index contributed by atoms with van der Waals surface area (Å²) in [6, 6.07) is 4.74. The molecule has 0 bridgehead atoms. The number of esters is 1. The molecule has 80 valence electrons. The number of hydrogen-bond donors (Lipinski definition) is 1. The van der Waals surface area contributed by atoms with Gasteiger partial charge in [-0.05, 0) is 12.1 Å². The second-order valence-corrected chi connectivity index (χ2v) is 3.44. The second kappa shape index (κ2) is 5.05. The van der Waals surface area contributed by atoms with Gasteiger partial charge in [0.1, 0.15) is 5.76 Å². The number of carbonyl (C=O) groups is 1.